The molecule has 1 saturated heterocycles. The summed E-state index contributed by atoms with van der Waals surface area (Å²) in [5.74, 6) is -2.32. The van der Waals surface area contributed by atoms with Crippen LogP contribution in [0.15, 0.2) is 102 Å². The number of benzene rings is 4. The van der Waals surface area contributed by atoms with Gasteiger partial charge in [-0.2, -0.15) is 4.31 Å². The van der Waals surface area contributed by atoms with E-state index in [1.54, 1.807) is 72.8 Å². The van der Waals surface area contributed by atoms with Crippen molar-refractivity contribution >= 4 is 39.3 Å². The quantitative estimate of drug-likeness (QED) is 0.158. The fraction of sp³-hybridized carbons (Fsp3) is 0.297. The highest BCUT2D eigenvalue weighted by Crippen LogP contribution is 2.30. The van der Waals surface area contributed by atoms with Gasteiger partial charge in [0.1, 0.15) is 17.7 Å². The summed E-state index contributed by atoms with van der Waals surface area (Å²) in [6.07, 6.45) is -0.276. The largest absolute Gasteiger partial charge is 0.453 e. The molecule has 1 aliphatic rings. The Kier molecular flexibility index (Phi) is 12.2. The van der Waals surface area contributed by atoms with Crippen LogP contribution in [-0.2, 0) is 32.4 Å². The van der Waals surface area contributed by atoms with Crippen LogP contribution in [0, 0.1) is 11.6 Å². The van der Waals surface area contributed by atoms with Crippen LogP contribution in [0.3, 0.4) is 0 Å². The van der Waals surface area contributed by atoms with Gasteiger partial charge in [0, 0.05) is 47.4 Å². The smallest absolute Gasteiger partial charge is 0.407 e. The lowest BCUT2D eigenvalue weighted by Gasteiger charge is -2.40. The summed E-state index contributed by atoms with van der Waals surface area (Å²) in [4.78, 5) is 26.9. The van der Waals surface area contributed by atoms with Crippen LogP contribution >= 0.6 is 11.6 Å². The second-order valence-electron chi connectivity index (χ2n) is 12.2. The van der Waals surface area contributed by atoms with Crippen molar-refractivity contribution in [1.29, 1.82) is 0 Å². The van der Waals surface area contributed by atoms with E-state index in [2.05, 4.69) is 16.0 Å². The van der Waals surface area contributed by atoms with E-state index in [1.807, 2.05) is 6.92 Å². The monoisotopic (exact) mass is 724 g/mol. The minimum atomic E-state index is -3.85. The maximum absolute atomic E-state index is 15.5. The van der Waals surface area contributed by atoms with Gasteiger partial charge in [0.25, 0.3) is 0 Å². The van der Waals surface area contributed by atoms with Crippen molar-refractivity contribution in [3.8, 4) is 0 Å². The lowest BCUT2D eigenvalue weighted by atomic mass is 9.85. The maximum atomic E-state index is 15.5. The van der Waals surface area contributed by atoms with Gasteiger partial charge >= 0.3 is 6.09 Å². The van der Waals surface area contributed by atoms with Gasteiger partial charge in [0.05, 0.1) is 12.0 Å². The van der Waals surface area contributed by atoms with Crippen LogP contribution < -0.4 is 16.0 Å². The first kappa shape index (κ1) is 36.9. The summed E-state index contributed by atoms with van der Waals surface area (Å²) in [5.41, 5.74) is 1.73. The van der Waals surface area contributed by atoms with E-state index in [0.29, 0.717) is 29.2 Å². The predicted octanol–water partition coefficient (Wildman–Crippen LogP) is 6.29. The Bertz CT molecular complexity index is 1880. The molecule has 13 heteroatoms. The first-order chi connectivity index (χ1) is 24.0. The molecule has 4 aromatic carbocycles. The van der Waals surface area contributed by atoms with Gasteiger partial charge in [-0.1, -0.05) is 60.1 Å². The second kappa shape index (κ2) is 16.6. The number of nitrogens with one attached hydrogen (secondary N) is 3. The molecule has 0 radical (unpaired) electrons. The molecular formula is C37H39ClF2N4O5S. The normalized spacial score (nSPS) is 17.8. The summed E-state index contributed by atoms with van der Waals surface area (Å²) in [6, 6.07) is 23.0. The Balaban J connectivity index is 1.43. The summed E-state index contributed by atoms with van der Waals surface area (Å²) >= 11 is 6.15. The number of anilines is 1. The minimum absolute atomic E-state index is 0.105. The molecule has 4 atom stereocenters. The van der Waals surface area contributed by atoms with E-state index < -0.39 is 51.7 Å². The van der Waals surface area contributed by atoms with E-state index in [1.165, 1.54) is 35.7 Å². The molecule has 9 nitrogen and oxygen atoms in total. The standard InChI is InChI=1S/C37H39ClF2N4O5S/c1-24-22-41-23-29(44(24)50(47,48)30-7-4-3-5-8-30)19-20-31-33(40)9-6-10-34(31)42-36(45)35(43-37(46)49-2)32(26-13-15-27(38)16-14-26)21-25-11-17-28(39)18-12-25/h3-18,24,29,32,35,41H,19-23H2,1-2H3,(H,42,45)(H,43,46)/t24-,29+,32+,35+/m1/s1. The van der Waals surface area contributed by atoms with E-state index in [-0.39, 0.29) is 41.5 Å². The van der Waals surface area contributed by atoms with Crippen molar-refractivity contribution < 1.29 is 31.5 Å². The van der Waals surface area contributed by atoms with Crippen LogP contribution in [0.4, 0.5) is 19.3 Å². The van der Waals surface area contributed by atoms with E-state index in [0.717, 1.165) is 0 Å². The number of hydrogen-bond donors (Lipinski definition) is 3. The third-order valence-corrected chi connectivity index (χ3v) is 11.2. The van der Waals surface area contributed by atoms with Crippen LogP contribution in [0.2, 0.25) is 5.02 Å². The number of carbonyl (C=O) groups is 2. The number of ether oxygens (including phenoxy) is 1. The number of nitrogens with zero attached hydrogens (tertiary/aromatic N) is 1. The van der Waals surface area contributed by atoms with Gasteiger partial charge < -0.3 is 20.7 Å². The molecule has 1 fully saturated rings. The number of halogens is 3. The van der Waals surface area contributed by atoms with E-state index in [4.69, 9.17) is 16.3 Å². The third kappa shape index (κ3) is 8.86. The van der Waals surface area contributed by atoms with E-state index >= 15 is 4.39 Å². The molecule has 0 aliphatic carbocycles. The molecule has 50 heavy (non-hydrogen) atoms. The number of hydrogen-bond acceptors (Lipinski definition) is 6. The molecule has 0 saturated carbocycles. The highest BCUT2D eigenvalue weighted by Gasteiger charge is 2.38. The number of alkyl carbamates (subject to hydrolysis) is 1. The van der Waals surface area contributed by atoms with Crippen molar-refractivity contribution in [1.82, 2.24) is 14.9 Å². The molecule has 0 spiro atoms. The summed E-state index contributed by atoms with van der Waals surface area (Å²) < 4.78 is 63.1. The number of rotatable bonds is 12. The molecule has 3 N–H and O–H groups in total. The van der Waals surface area contributed by atoms with Crippen LogP contribution in [0.1, 0.15) is 36.0 Å². The van der Waals surface area contributed by atoms with Gasteiger partial charge in [-0.3, -0.25) is 4.79 Å². The Morgan fingerprint density at radius 1 is 0.960 bits per heavy atom. The number of methoxy groups -OCH3 is 1. The Labute approximate surface area is 296 Å². The molecular weight excluding hydrogens is 686 g/mol. The number of amides is 2. The Morgan fingerprint density at radius 3 is 2.34 bits per heavy atom. The van der Waals surface area contributed by atoms with Crippen LogP contribution in [0.5, 0.6) is 0 Å². The lowest BCUT2D eigenvalue weighted by Crippen LogP contribution is -2.58. The predicted molar refractivity (Wildman–Crippen MR) is 189 cm³/mol. The number of carbonyl (C=O) groups excluding carboxylic acids is 2. The highest BCUT2D eigenvalue weighted by molar-refractivity contribution is 7.89. The fourth-order valence-electron chi connectivity index (χ4n) is 6.37. The van der Waals surface area contributed by atoms with E-state index in [9.17, 15) is 22.4 Å². The molecule has 0 unspecified atom stereocenters. The maximum Gasteiger partial charge on any atom is 0.407 e. The average molecular weight is 725 g/mol. The third-order valence-electron chi connectivity index (χ3n) is 8.85. The molecule has 0 aromatic heterocycles. The van der Waals surface area contributed by atoms with Gasteiger partial charge in [0.15, 0.2) is 0 Å². The van der Waals surface area contributed by atoms with Gasteiger partial charge in [-0.25, -0.2) is 22.0 Å². The first-order valence-corrected chi connectivity index (χ1v) is 18.0. The van der Waals surface area contributed by atoms with Crippen LogP contribution in [-0.4, -0.2) is 63.0 Å². The molecule has 5 rings (SSSR count). The Hall–Kier alpha value is -4.36. The van der Waals surface area contributed by atoms with Crippen molar-refractivity contribution in [3.63, 3.8) is 0 Å². The Morgan fingerprint density at radius 2 is 1.66 bits per heavy atom. The highest BCUT2D eigenvalue weighted by atomic mass is 35.5. The van der Waals surface area contributed by atoms with Gasteiger partial charge in [-0.05, 0) is 85.8 Å². The zero-order valence-electron chi connectivity index (χ0n) is 27.6. The number of sulfonamides is 1. The van der Waals surface area contributed by atoms with Crippen molar-refractivity contribution in [2.45, 2.75) is 55.1 Å². The molecule has 1 heterocycles. The topological polar surface area (TPSA) is 117 Å². The lowest BCUT2D eigenvalue weighted by molar-refractivity contribution is -0.118. The molecule has 1 aliphatic heterocycles. The molecule has 264 valence electrons. The minimum Gasteiger partial charge on any atom is -0.453 e. The van der Waals surface area contributed by atoms with Gasteiger partial charge in [0.2, 0.25) is 15.9 Å². The SMILES string of the molecule is COC(=O)N[C@H](C(=O)Nc1cccc(F)c1CC[C@H]1CNC[C@@H](C)N1S(=O)(=O)c1ccccc1)[C@@H](Cc1ccc(F)cc1)c1ccc(Cl)cc1. The second-order valence-corrected chi connectivity index (χ2v) is 14.5. The first-order valence-electron chi connectivity index (χ1n) is 16.2. The molecule has 0 bridgehead atoms. The summed E-state index contributed by atoms with van der Waals surface area (Å²) in [7, 11) is -2.67. The zero-order valence-corrected chi connectivity index (χ0v) is 29.2. The zero-order chi connectivity index (χ0) is 35.8. The molecule has 2 amide bonds. The van der Waals surface area contributed by atoms with Gasteiger partial charge in [-0.15, -0.1) is 0 Å². The van der Waals surface area contributed by atoms with Crippen LogP contribution in [0.25, 0.3) is 0 Å². The van der Waals surface area contributed by atoms with Crippen molar-refractivity contribution in [3.05, 3.63) is 130 Å². The average Bonchev–Trinajstić information content (AvgIpc) is 3.11. The summed E-state index contributed by atoms with van der Waals surface area (Å²) in [5, 5.41) is 9.20. The fourth-order valence-corrected chi connectivity index (χ4v) is 8.37. The molecule has 4 aromatic rings. The van der Waals surface area contributed by atoms with Crippen molar-refractivity contribution in [2.24, 2.45) is 0 Å². The number of piperazine rings is 1. The van der Waals surface area contributed by atoms with Crippen molar-refractivity contribution in [2.75, 3.05) is 25.5 Å². The summed E-state index contributed by atoms with van der Waals surface area (Å²) in [6.45, 7) is 2.65.